The molecule has 3 nitrogen and oxygen atoms in total. The first-order valence-corrected chi connectivity index (χ1v) is 23.0. The minimum atomic E-state index is -2.38. The Labute approximate surface area is 416 Å². The molecule has 3 heterocycles. The summed E-state index contributed by atoms with van der Waals surface area (Å²) in [7, 11) is 6.07. The maximum atomic E-state index is 13.0. The molecule has 6 aromatic carbocycles. The van der Waals surface area contributed by atoms with Gasteiger partial charge in [0.15, 0.2) is 18.6 Å². The molecule has 0 amide bonds. The second-order valence-electron chi connectivity index (χ2n) is 17.6. The van der Waals surface area contributed by atoms with Crippen LogP contribution in [-0.2, 0) is 27.6 Å². The Hall–Kier alpha value is -7.30. The molecule has 0 saturated heterocycles. The minimum Gasteiger partial charge on any atom is -0.207 e. The van der Waals surface area contributed by atoms with Crippen LogP contribution in [0.15, 0.2) is 201 Å². The SMILES string of the molecule is Cc1ccccc1-c1ccc(-c2ccc(F)cc2)c[n+]1C.[2H]C([2H])([2H])C([2H])(C)Cc1cccc(-c2ccc(-c3ccccc3C)[n+](C)c2)c1.[2H]C([2H])([2H])C([2H])(C)c1cccc(-c2ccc(-c3ccccc3C)[n+](C)c2)c1. The molecule has 0 bridgehead atoms. The van der Waals surface area contributed by atoms with Crippen LogP contribution in [0, 0.1) is 32.5 Å². The smallest absolute Gasteiger partial charge is 0.207 e. The van der Waals surface area contributed by atoms with Crippen LogP contribution in [0.3, 0.4) is 0 Å². The molecule has 342 valence electrons. The van der Waals surface area contributed by atoms with E-state index in [4.69, 9.17) is 11.0 Å². The molecule has 0 N–H and O–H groups in total. The van der Waals surface area contributed by atoms with E-state index in [1.54, 1.807) is 18.2 Å². The zero-order chi connectivity index (χ0) is 55.2. The standard InChI is InChI=1S/C23H26N.C22H24N.C19H17FN/c1-17(2)14-19-9-7-10-20(15-19)21-12-13-23(24(4)16-21)22-11-6-5-8-18(22)3;1-16(2)18-9-7-10-19(14-18)20-12-13-22(23(4)15-20)21-11-6-5-8-17(21)3;1-14-5-3-4-6-18(14)19-12-9-16(13-21(19)2)15-7-10-17(20)11-8-15/h5-13,15-17H,14H2,1-4H3;5-16H,1-4H3;3-13H,1-2H3/q3*+1/i1D3,17D;1D3,16D;. The normalized spacial score (nSPS) is 14.7. The topological polar surface area (TPSA) is 11.6 Å². The Bertz CT molecular complexity index is 3470. The maximum absolute atomic E-state index is 13.0. The second kappa shape index (κ2) is 22.5. The van der Waals surface area contributed by atoms with Crippen LogP contribution in [0.25, 0.3) is 67.2 Å². The van der Waals surface area contributed by atoms with Crippen LogP contribution in [0.2, 0.25) is 0 Å². The fourth-order valence-electron chi connectivity index (χ4n) is 8.50. The van der Waals surface area contributed by atoms with E-state index >= 15 is 0 Å². The summed E-state index contributed by atoms with van der Waals surface area (Å²) in [6, 6.07) is 59.1. The van der Waals surface area contributed by atoms with Gasteiger partial charge in [0.25, 0.3) is 0 Å². The Morgan fingerprint density at radius 3 is 1.28 bits per heavy atom. The number of nitrogens with zero attached hydrogens (tertiary/aromatic N) is 3. The van der Waals surface area contributed by atoms with Gasteiger partial charge >= 0.3 is 0 Å². The summed E-state index contributed by atoms with van der Waals surface area (Å²) in [5.41, 5.74) is 18.1. The maximum Gasteiger partial charge on any atom is 0.212 e. The summed E-state index contributed by atoms with van der Waals surface area (Å²) in [5, 5.41) is 0. The highest BCUT2D eigenvalue weighted by molar-refractivity contribution is 5.69. The molecule has 0 saturated carbocycles. The van der Waals surface area contributed by atoms with Crippen LogP contribution in [0.5, 0.6) is 0 Å². The molecular formula is C64H67FN3+3. The van der Waals surface area contributed by atoms with Crippen molar-refractivity contribution >= 4 is 0 Å². The van der Waals surface area contributed by atoms with E-state index < -0.39 is 25.5 Å². The molecule has 0 spiro atoms. The number of rotatable bonds is 9. The second-order valence-corrected chi connectivity index (χ2v) is 17.6. The van der Waals surface area contributed by atoms with E-state index in [1.807, 2.05) is 106 Å². The molecule has 2 unspecified atom stereocenters. The molecule has 9 aromatic rings. The molecule has 4 heteroatoms. The van der Waals surface area contributed by atoms with E-state index in [-0.39, 0.29) is 12.2 Å². The lowest BCUT2D eigenvalue weighted by Gasteiger charge is -2.09. The van der Waals surface area contributed by atoms with Crippen molar-refractivity contribution in [2.75, 3.05) is 0 Å². The van der Waals surface area contributed by atoms with Gasteiger partial charge in [0, 0.05) is 62.5 Å². The highest BCUT2D eigenvalue weighted by atomic mass is 19.1. The Balaban J connectivity index is 0.000000168. The van der Waals surface area contributed by atoms with E-state index in [2.05, 4.69) is 120 Å². The third-order valence-electron chi connectivity index (χ3n) is 12.2. The number of aromatic nitrogens is 3. The molecule has 0 radical (unpaired) electrons. The van der Waals surface area contributed by atoms with Gasteiger partial charge in [-0.1, -0.05) is 143 Å². The van der Waals surface area contributed by atoms with Crippen LogP contribution < -0.4 is 13.7 Å². The molecular weight excluding hydrogens is 830 g/mol. The van der Waals surface area contributed by atoms with E-state index in [9.17, 15) is 4.39 Å². The molecule has 0 aliphatic rings. The van der Waals surface area contributed by atoms with Crippen molar-refractivity contribution in [3.05, 3.63) is 234 Å². The lowest BCUT2D eigenvalue weighted by molar-refractivity contribution is -0.660. The van der Waals surface area contributed by atoms with E-state index in [0.29, 0.717) is 5.56 Å². The average Bonchev–Trinajstić information content (AvgIpc) is 3.37. The van der Waals surface area contributed by atoms with Crippen molar-refractivity contribution < 1.29 is 29.1 Å². The first-order valence-electron chi connectivity index (χ1n) is 27.0. The van der Waals surface area contributed by atoms with E-state index in [0.717, 1.165) is 50.3 Å². The zero-order valence-electron chi connectivity index (χ0n) is 48.5. The van der Waals surface area contributed by atoms with Crippen molar-refractivity contribution in [3.63, 3.8) is 0 Å². The molecule has 68 heavy (non-hydrogen) atoms. The van der Waals surface area contributed by atoms with Gasteiger partial charge in [0.05, 0.1) is 0 Å². The number of benzene rings is 6. The highest BCUT2D eigenvalue weighted by Gasteiger charge is 2.17. The first-order chi connectivity index (χ1) is 35.8. The molecule has 0 fully saturated rings. The van der Waals surface area contributed by atoms with Gasteiger partial charge in [-0.25, -0.2) is 18.1 Å². The van der Waals surface area contributed by atoms with Gasteiger partial charge in [-0.2, -0.15) is 0 Å². The minimum absolute atomic E-state index is 0.185. The van der Waals surface area contributed by atoms with Crippen LogP contribution in [0.4, 0.5) is 4.39 Å². The van der Waals surface area contributed by atoms with E-state index in [1.165, 1.54) is 65.1 Å². The molecule has 9 rings (SSSR count). The third-order valence-corrected chi connectivity index (χ3v) is 12.2. The Morgan fingerprint density at radius 1 is 0.441 bits per heavy atom. The quantitative estimate of drug-likeness (QED) is 0.128. The first kappa shape index (κ1) is 38.8. The Kier molecular flexibility index (Phi) is 12.8. The van der Waals surface area contributed by atoms with Gasteiger partial charge in [-0.15, -0.1) is 0 Å². The van der Waals surface area contributed by atoms with Crippen molar-refractivity contribution in [1.29, 1.82) is 0 Å². The average molecular weight is 905 g/mol. The number of pyridine rings is 3. The van der Waals surface area contributed by atoms with Gasteiger partial charge < -0.3 is 0 Å². The van der Waals surface area contributed by atoms with Crippen LogP contribution >= 0.6 is 0 Å². The summed E-state index contributed by atoms with van der Waals surface area (Å²) < 4.78 is 81.6. The van der Waals surface area contributed by atoms with Crippen molar-refractivity contribution in [2.45, 2.75) is 60.6 Å². The fourth-order valence-corrected chi connectivity index (χ4v) is 8.50. The molecule has 0 aliphatic carbocycles. The predicted octanol–water partition coefficient (Wildman–Crippen LogP) is 14.9. The highest BCUT2D eigenvalue weighted by Crippen LogP contribution is 2.28. The molecule has 3 aromatic heterocycles. The van der Waals surface area contributed by atoms with Gasteiger partial charge in [0.1, 0.15) is 27.0 Å². The summed E-state index contributed by atoms with van der Waals surface area (Å²) in [5.74, 6) is -3.36. The monoisotopic (exact) mass is 905 g/mol. The number of aryl methyl sites for hydroxylation is 6. The number of halogens is 1. The molecule has 0 aliphatic heterocycles. The number of hydrogen-bond acceptors (Lipinski definition) is 0. The molecule has 2 atom stereocenters. The lowest BCUT2D eigenvalue weighted by Crippen LogP contribution is -2.30. The van der Waals surface area contributed by atoms with Gasteiger partial charge in [-0.05, 0) is 132 Å². The fraction of sp³-hybridized carbons (Fsp3) is 0.203. The summed E-state index contributed by atoms with van der Waals surface area (Å²) >= 11 is 0. The van der Waals surface area contributed by atoms with Crippen molar-refractivity contribution in [2.24, 2.45) is 27.0 Å². The third kappa shape index (κ3) is 12.2. The van der Waals surface area contributed by atoms with Crippen molar-refractivity contribution in [3.8, 4) is 67.2 Å². The number of hydrogen-bond donors (Lipinski definition) is 0. The Morgan fingerprint density at radius 2 is 0.853 bits per heavy atom. The van der Waals surface area contributed by atoms with Gasteiger partial charge in [-0.3, -0.25) is 0 Å². The zero-order valence-corrected chi connectivity index (χ0v) is 40.5. The largest absolute Gasteiger partial charge is 0.212 e. The summed E-state index contributed by atoms with van der Waals surface area (Å²) in [6.45, 7) is 4.54. The van der Waals surface area contributed by atoms with Gasteiger partial charge in [0.2, 0.25) is 17.1 Å². The predicted molar refractivity (Wildman–Crippen MR) is 282 cm³/mol. The lowest BCUT2D eigenvalue weighted by atomic mass is 9.97. The summed E-state index contributed by atoms with van der Waals surface area (Å²) in [6.07, 6.45) is 6.39. The summed E-state index contributed by atoms with van der Waals surface area (Å²) in [4.78, 5) is 0. The van der Waals surface area contributed by atoms with Crippen molar-refractivity contribution in [1.82, 2.24) is 0 Å². The van der Waals surface area contributed by atoms with Crippen LogP contribution in [0.1, 0.15) is 72.2 Å². The van der Waals surface area contributed by atoms with Crippen LogP contribution in [-0.4, -0.2) is 0 Å².